The first-order chi connectivity index (χ1) is 15.8. The summed E-state index contributed by atoms with van der Waals surface area (Å²) in [5.41, 5.74) is 1.70. The van der Waals surface area contributed by atoms with Gasteiger partial charge in [0.15, 0.2) is 0 Å². The van der Waals surface area contributed by atoms with Crippen molar-refractivity contribution in [2.45, 2.75) is 86.0 Å². The van der Waals surface area contributed by atoms with Crippen molar-refractivity contribution < 1.29 is 19.8 Å². The van der Waals surface area contributed by atoms with E-state index >= 15 is 0 Å². The van der Waals surface area contributed by atoms with Crippen LogP contribution in [0.15, 0.2) is 34.8 Å². The third kappa shape index (κ3) is 7.45. The lowest BCUT2D eigenvalue weighted by Gasteiger charge is -2.34. The molecular weight excluding hydrogens is 448 g/mol. The number of amides is 1. The average Bonchev–Trinajstić information content (AvgIpc) is 3.18. The molecule has 5 atom stereocenters. The number of carbonyl (C=O) groups excluding carboxylic acids is 2. The Labute approximate surface area is 207 Å². The number of hydrogen-bond donors (Lipinski definition) is 3. The van der Waals surface area contributed by atoms with E-state index in [2.05, 4.69) is 16.4 Å². The van der Waals surface area contributed by atoms with E-state index in [1.165, 1.54) is 0 Å². The SMILES string of the molecule is CC1=CC[C@@H](/C(C)=C/c2csc(C)n2)NC(=O)C[C@H](O)C(C)(C)C(=O)[C@H](C)[C@@H](O)[C@@H](C)CC=C1. The summed E-state index contributed by atoms with van der Waals surface area (Å²) >= 11 is 1.57. The number of thiazole rings is 1. The maximum absolute atomic E-state index is 13.2. The van der Waals surface area contributed by atoms with Gasteiger partial charge >= 0.3 is 0 Å². The van der Waals surface area contributed by atoms with Gasteiger partial charge in [0, 0.05) is 11.3 Å². The quantitative estimate of drug-likeness (QED) is 0.564. The molecule has 0 saturated heterocycles. The monoisotopic (exact) mass is 488 g/mol. The molecule has 0 unspecified atom stereocenters. The van der Waals surface area contributed by atoms with Crippen molar-refractivity contribution in [1.82, 2.24) is 10.3 Å². The molecule has 0 bridgehead atoms. The van der Waals surface area contributed by atoms with E-state index in [9.17, 15) is 19.8 Å². The summed E-state index contributed by atoms with van der Waals surface area (Å²) in [7, 11) is 0. The fourth-order valence-corrected chi connectivity index (χ4v) is 4.77. The molecule has 0 saturated carbocycles. The van der Waals surface area contributed by atoms with Gasteiger partial charge in [0.05, 0.1) is 40.8 Å². The van der Waals surface area contributed by atoms with Crippen molar-refractivity contribution in [3.8, 4) is 0 Å². The number of aromatic nitrogens is 1. The first-order valence-electron chi connectivity index (χ1n) is 12.0. The molecule has 0 fully saturated rings. The Balaban J connectivity index is 2.38. The maximum atomic E-state index is 13.2. The third-order valence-electron chi connectivity index (χ3n) is 6.82. The van der Waals surface area contributed by atoms with Crippen LogP contribution in [0.4, 0.5) is 0 Å². The van der Waals surface area contributed by atoms with Gasteiger partial charge in [-0.05, 0) is 51.2 Å². The summed E-state index contributed by atoms with van der Waals surface area (Å²) in [5, 5.41) is 27.6. The summed E-state index contributed by atoms with van der Waals surface area (Å²) < 4.78 is 0. The minimum atomic E-state index is -1.17. The number of nitrogens with one attached hydrogen (secondary N) is 1. The Hall–Kier alpha value is -2.09. The van der Waals surface area contributed by atoms with Crippen LogP contribution in [0.5, 0.6) is 0 Å². The summed E-state index contributed by atoms with van der Waals surface area (Å²) in [6, 6.07) is -0.267. The van der Waals surface area contributed by atoms with Crippen molar-refractivity contribution in [3.05, 3.63) is 45.5 Å². The molecular formula is C27H40N2O4S. The van der Waals surface area contributed by atoms with Crippen LogP contribution in [0.1, 0.15) is 71.5 Å². The van der Waals surface area contributed by atoms with Gasteiger partial charge in [-0.25, -0.2) is 4.98 Å². The molecule has 0 aromatic carbocycles. The van der Waals surface area contributed by atoms with Gasteiger partial charge in [0.2, 0.25) is 5.91 Å². The Morgan fingerprint density at radius 1 is 1.21 bits per heavy atom. The van der Waals surface area contributed by atoms with Gasteiger partial charge in [-0.15, -0.1) is 11.3 Å². The number of aliphatic hydroxyl groups is 2. The minimum absolute atomic E-state index is 0.119. The summed E-state index contributed by atoms with van der Waals surface area (Å²) in [4.78, 5) is 30.6. The van der Waals surface area contributed by atoms with Gasteiger partial charge in [0.25, 0.3) is 0 Å². The maximum Gasteiger partial charge on any atom is 0.223 e. The highest BCUT2D eigenvalue weighted by Crippen LogP contribution is 2.31. The molecule has 2 heterocycles. The van der Waals surface area contributed by atoms with Crippen molar-refractivity contribution in [2.24, 2.45) is 17.3 Å². The van der Waals surface area contributed by atoms with E-state index in [0.717, 1.165) is 21.8 Å². The van der Waals surface area contributed by atoms with Gasteiger partial charge in [-0.2, -0.15) is 0 Å². The number of aryl methyl sites for hydroxylation is 1. The number of ketones is 1. The van der Waals surface area contributed by atoms with Gasteiger partial charge in [-0.3, -0.25) is 9.59 Å². The third-order valence-corrected chi connectivity index (χ3v) is 7.61. The van der Waals surface area contributed by atoms with E-state index in [1.54, 1.807) is 32.1 Å². The second kappa shape index (κ2) is 12.0. The lowest BCUT2D eigenvalue weighted by atomic mass is 9.73. The summed E-state index contributed by atoms with van der Waals surface area (Å²) in [6.45, 7) is 12.8. The Morgan fingerprint density at radius 3 is 2.50 bits per heavy atom. The molecule has 0 spiro atoms. The molecule has 1 aromatic rings. The lowest BCUT2D eigenvalue weighted by molar-refractivity contribution is -0.143. The summed E-state index contributed by atoms with van der Waals surface area (Å²) in [6.07, 6.45) is 7.09. The van der Waals surface area contributed by atoms with E-state index in [0.29, 0.717) is 12.8 Å². The fraction of sp³-hybridized carbons (Fsp3) is 0.593. The van der Waals surface area contributed by atoms with Crippen LogP contribution in [-0.4, -0.2) is 45.1 Å². The number of allylic oxidation sites excluding steroid dienone is 3. The number of rotatable bonds is 2. The van der Waals surface area contributed by atoms with Crippen molar-refractivity contribution >= 4 is 29.1 Å². The van der Waals surface area contributed by atoms with Crippen molar-refractivity contribution in [1.29, 1.82) is 0 Å². The second-order valence-electron chi connectivity index (χ2n) is 10.2. The van der Waals surface area contributed by atoms with Crippen LogP contribution < -0.4 is 5.32 Å². The molecule has 1 aliphatic heterocycles. The van der Waals surface area contributed by atoms with Crippen LogP contribution in [0, 0.1) is 24.2 Å². The number of nitrogens with zero attached hydrogens (tertiary/aromatic N) is 1. The Morgan fingerprint density at radius 2 is 1.88 bits per heavy atom. The minimum Gasteiger partial charge on any atom is -0.392 e. The molecule has 34 heavy (non-hydrogen) atoms. The van der Waals surface area contributed by atoms with E-state index in [4.69, 9.17) is 0 Å². The predicted octanol–water partition coefficient (Wildman–Crippen LogP) is 4.62. The molecule has 6 nitrogen and oxygen atoms in total. The molecule has 3 N–H and O–H groups in total. The Bertz CT molecular complexity index is 960. The molecule has 1 aliphatic rings. The summed E-state index contributed by atoms with van der Waals surface area (Å²) in [5.74, 6) is -1.34. The molecule has 1 amide bonds. The van der Waals surface area contributed by atoms with Crippen LogP contribution in [-0.2, 0) is 9.59 Å². The number of Topliss-reactive ketones (excluding diaryl/α,β-unsaturated/α-hetero) is 1. The Kier molecular flexibility index (Phi) is 9.97. The molecule has 0 aliphatic carbocycles. The molecule has 7 heteroatoms. The molecule has 1 aromatic heterocycles. The van der Waals surface area contributed by atoms with Crippen molar-refractivity contribution in [2.75, 3.05) is 0 Å². The van der Waals surface area contributed by atoms with Crippen molar-refractivity contribution in [3.63, 3.8) is 0 Å². The standard InChI is InChI=1S/C27H40N2O4S/c1-16-9-8-10-17(2)25(32)19(4)26(33)27(6,7)23(30)14-24(31)29-22(12-11-16)18(3)13-21-15-34-20(5)28-21/h8-9,11,13,15,17,19,22-23,25,30,32H,10,12,14H2,1-7H3,(H,29,31)/b9-8?,16-11?,18-13+/t17-,19+,22-,23-,25-/m0/s1. The first kappa shape index (κ1) is 28.1. The highest BCUT2D eigenvalue weighted by molar-refractivity contribution is 7.09. The van der Waals surface area contributed by atoms with Gasteiger partial charge in [0.1, 0.15) is 5.78 Å². The normalized spacial score (nSPS) is 30.1. The fourth-order valence-electron chi connectivity index (χ4n) is 4.20. The van der Waals surface area contributed by atoms with Gasteiger partial charge in [-0.1, -0.05) is 51.5 Å². The topological polar surface area (TPSA) is 99.5 Å². The van der Waals surface area contributed by atoms with Crippen LogP contribution >= 0.6 is 11.3 Å². The number of hydrogen-bond acceptors (Lipinski definition) is 6. The number of carbonyl (C=O) groups is 2. The highest BCUT2D eigenvalue weighted by atomic mass is 32.1. The molecule has 0 radical (unpaired) electrons. The van der Waals surface area contributed by atoms with E-state index in [1.807, 2.05) is 51.3 Å². The zero-order chi connectivity index (χ0) is 25.6. The van der Waals surface area contributed by atoms with Gasteiger partial charge < -0.3 is 15.5 Å². The molecule has 188 valence electrons. The average molecular weight is 489 g/mol. The zero-order valence-electron chi connectivity index (χ0n) is 21.5. The predicted molar refractivity (Wildman–Crippen MR) is 138 cm³/mol. The van der Waals surface area contributed by atoms with Crippen LogP contribution in [0.25, 0.3) is 6.08 Å². The number of aliphatic hydroxyl groups excluding tert-OH is 2. The largest absolute Gasteiger partial charge is 0.392 e. The second-order valence-corrected chi connectivity index (χ2v) is 11.2. The van der Waals surface area contributed by atoms with Crippen LogP contribution in [0.3, 0.4) is 0 Å². The smallest absolute Gasteiger partial charge is 0.223 e. The van der Waals surface area contributed by atoms with E-state index < -0.39 is 23.5 Å². The lowest BCUT2D eigenvalue weighted by Crippen LogP contribution is -2.47. The highest BCUT2D eigenvalue weighted by Gasteiger charge is 2.42. The van der Waals surface area contributed by atoms with E-state index in [-0.39, 0.29) is 30.1 Å². The molecule has 2 rings (SSSR count). The first-order valence-corrected chi connectivity index (χ1v) is 12.8. The van der Waals surface area contributed by atoms with Crippen LogP contribution in [0.2, 0.25) is 0 Å². The zero-order valence-corrected chi connectivity index (χ0v) is 22.3.